The van der Waals surface area contributed by atoms with Gasteiger partial charge in [-0.25, -0.2) is 0 Å². The zero-order valence-electron chi connectivity index (χ0n) is 15.9. The maximum atomic E-state index is 12.4. The van der Waals surface area contributed by atoms with Crippen LogP contribution in [-0.4, -0.2) is 62.4 Å². The molecule has 4 rings (SSSR count). The number of carbonyl (C=O) groups excluding carboxylic acids is 1. The number of ether oxygens (including phenoxy) is 2. The summed E-state index contributed by atoms with van der Waals surface area (Å²) in [7, 11) is 0. The van der Waals surface area contributed by atoms with Crippen molar-refractivity contribution in [3.05, 3.63) is 35.9 Å². The van der Waals surface area contributed by atoms with Crippen LogP contribution in [0, 0.1) is 5.92 Å². The molecule has 3 aliphatic rings. The summed E-state index contributed by atoms with van der Waals surface area (Å²) in [5, 5.41) is 0. The number of rotatable bonds is 6. The van der Waals surface area contributed by atoms with Crippen molar-refractivity contribution in [3.8, 4) is 0 Å². The van der Waals surface area contributed by atoms with E-state index in [-0.39, 0.29) is 18.6 Å². The highest BCUT2D eigenvalue weighted by molar-refractivity contribution is 5.77. The van der Waals surface area contributed by atoms with E-state index in [0.29, 0.717) is 24.5 Å². The fraction of sp³-hybridized carbons (Fsp3) is 0.667. The summed E-state index contributed by atoms with van der Waals surface area (Å²) in [5.41, 5.74) is 8.23. The van der Waals surface area contributed by atoms with Crippen LogP contribution in [0.5, 0.6) is 0 Å². The lowest BCUT2D eigenvalue weighted by atomic mass is 9.80. The summed E-state index contributed by atoms with van der Waals surface area (Å²) in [5.74, 6) is 1.19. The molecule has 0 aliphatic carbocycles. The normalized spacial score (nSPS) is 29.3. The van der Waals surface area contributed by atoms with Crippen molar-refractivity contribution in [1.29, 1.82) is 0 Å². The van der Waals surface area contributed by atoms with E-state index in [4.69, 9.17) is 9.47 Å². The van der Waals surface area contributed by atoms with Crippen LogP contribution in [0.15, 0.2) is 30.3 Å². The number of hydrogen-bond donors (Lipinski definition) is 2. The van der Waals surface area contributed by atoms with Gasteiger partial charge in [0.2, 0.25) is 5.91 Å². The first kappa shape index (κ1) is 18.9. The predicted octanol–water partition coefficient (Wildman–Crippen LogP) is 1.68. The number of amides is 1. The molecule has 27 heavy (non-hydrogen) atoms. The molecule has 148 valence electrons. The van der Waals surface area contributed by atoms with Gasteiger partial charge < -0.3 is 14.4 Å². The zero-order chi connectivity index (χ0) is 18.5. The van der Waals surface area contributed by atoms with Crippen LogP contribution in [0.4, 0.5) is 0 Å². The molecule has 3 saturated heterocycles. The predicted molar refractivity (Wildman–Crippen MR) is 103 cm³/mol. The highest BCUT2D eigenvalue weighted by Gasteiger charge is 2.36. The first-order chi connectivity index (χ1) is 13.3. The van der Waals surface area contributed by atoms with Crippen LogP contribution in [0.3, 0.4) is 0 Å². The summed E-state index contributed by atoms with van der Waals surface area (Å²) in [6.45, 7) is 4.16. The minimum absolute atomic E-state index is 0.114. The Labute approximate surface area is 161 Å². The van der Waals surface area contributed by atoms with E-state index in [2.05, 4.69) is 41.2 Å². The number of nitrogens with zero attached hydrogens (tertiary/aromatic N) is 1. The standard InChI is InChI=1S/C21H31N3O3/c25-20(15-26-14-18-7-4-12-27-18)24-10-8-17(9-11-24)21-19(13-22-23-21)16-5-2-1-3-6-16/h1-3,5-6,17-19,21-23H,4,7-15H2. The summed E-state index contributed by atoms with van der Waals surface area (Å²) in [6.07, 6.45) is 4.41. The molecule has 3 heterocycles. The van der Waals surface area contributed by atoms with E-state index in [9.17, 15) is 4.79 Å². The van der Waals surface area contributed by atoms with Gasteiger partial charge in [0.15, 0.2) is 0 Å². The van der Waals surface area contributed by atoms with Crippen LogP contribution in [0.2, 0.25) is 0 Å². The van der Waals surface area contributed by atoms with E-state index in [0.717, 1.165) is 51.9 Å². The van der Waals surface area contributed by atoms with Gasteiger partial charge in [-0.05, 0) is 37.2 Å². The lowest BCUT2D eigenvalue weighted by Crippen LogP contribution is -2.46. The molecule has 3 aliphatic heterocycles. The molecule has 3 atom stereocenters. The Hall–Kier alpha value is -1.47. The molecule has 0 bridgehead atoms. The fourth-order valence-corrected chi connectivity index (χ4v) is 4.64. The van der Waals surface area contributed by atoms with Gasteiger partial charge in [-0.2, -0.15) is 0 Å². The van der Waals surface area contributed by atoms with Crippen molar-refractivity contribution in [2.45, 2.75) is 43.7 Å². The number of carbonyl (C=O) groups is 1. The molecule has 3 fully saturated rings. The number of hydrazine groups is 1. The zero-order valence-corrected chi connectivity index (χ0v) is 15.9. The van der Waals surface area contributed by atoms with Crippen molar-refractivity contribution in [2.75, 3.05) is 39.5 Å². The quantitative estimate of drug-likeness (QED) is 0.794. The first-order valence-corrected chi connectivity index (χ1v) is 10.3. The van der Waals surface area contributed by atoms with Gasteiger partial charge in [0.05, 0.1) is 12.7 Å². The second-order valence-electron chi connectivity index (χ2n) is 7.94. The third-order valence-electron chi connectivity index (χ3n) is 6.21. The van der Waals surface area contributed by atoms with Crippen LogP contribution >= 0.6 is 0 Å². The van der Waals surface area contributed by atoms with Gasteiger partial charge in [-0.3, -0.25) is 15.6 Å². The molecular formula is C21H31N3O3. The molecule has 0 radical (unpaired) electrons. The van der Waals surface area contributed by atoms with Crippen molar-refractivity contribution < 1.29 is 14.3 Å². The van der Waals surface area contributed by atoms with Crippen molar-refractivity contribution in [2.24, 2.45) is 5.92 Å². The van der Waals surface area contributed by atoms with Crippen LogP contribution < -0.4 is 10.9 Å². The highest BCUT2D eigenvalue weighted by atomic mass is 16.5. The Kier molecular flexibility index (Phi) is 6.39. The van der Waals surface area contributed by atoms with Gasteiger partial charge in [0.1, 0.15) is 6.61 Å². The summed E-state index contributed by atoms with van der Waals surface area (Å²) < 4.78 is 11.1. The lowest BCUT2D eigenvalue weighted by Gasteiger charge is -2.36. The third kappa shape index (κ3) is 4.69. The van der Waals surface area contributed by atoms with E-state index in [1.165, 1.54) is 5.56 Å². The molecule has 3 unspecified atom stereocenters. The second-order valence-corrected chi connectivity index (χ2v) is 7.94. The van der Waals surface area contributed by atoms with Crippen LogP contribution in [0.1, 0.15) is 37.2 Å². The van der Waals surface area contributed by atoms with E-state index < -0.39 is 0 Å². The van der Waals surface area contributed by atoms with Gasteiger partial charge in [0, 0.05) is 38.2 Å². The van der Waals surface area contributed by atoms with Crippen molar-refractivity contribution in [3.63, 3.8) is 0 Å². The molecule has 6 heteroatoms. The number of benzene rings is 1. The number of likely N-dealkylation sites (tertiary alicyclic amines) is 1. The minimum Gasteiger partial charge on any atom is -0.376 e. The maximum absolute atomic E-state index is 12.4. The Bertz CT molecular complexity index is 598. The van der Waals surface area contributed by atoms with Gasteiger partial charge >= 0.3 is 0 Å². The first-order valence-electron chi connectivity index (χ1n) is 10.3. The number of piperidine rings is 1. The van der Waals surface area contributed by atoms with Crippen molar-refractivity contribution >= 4 is 5.91 Å². The smallest absolute Gasteiger partial charge is 0.248 e. The average molecular weight is 373 g/mol. The molecule has 0 spiro atoms. The van der Waals surface area contributed by atoms with Crippen LogP contribution in [0.25, 0.3) is 0 Å². The van der Waals surface area contributed by atoms with Gasteiger partial charge in [-0.15, -0.1) is 0 Å². The Balaban J connectivity index is 1.23. The van der Waals surface area contributed by atoms with E-state index >= 15 is 0 Å². The monoisotopic (exact) mass is 373 g/mol. The Morgan fingerprint density at radius 1 is 1.19 bits per heavy atom. The molecule has 1 aromatic carbocycles. The summed E-state index contributed by atoms with van der Waals surface area (Å²) in [6, 6.07) is 11.2. The SMILES string of the molecule is O=C(COCC1CCCO1)N1CCC(C2NNCC2c2ccccc2)CC1. The third-order valence-corrected chi connectivity index (χ3v) is 6.21. The molecule has 1 aromatic rings. The highest BCUT2D eigenvalue weighted by Crippen LogP contribution is 2.32. The second kappa shape index (κ2) is 9.15. The van der Waals surface area contributed by atoms with Gasteiger partial charge in [-0.1, -0.05) is 30.3 Å². The van der Waals surface area contributed by atoms with E-state index in [1.807, 2.05) is 4.90 Å². The largest absolute Gasteiger partial charge is 0.376 e. The van der Waals surface area contributed by atoms with Crippen LogP contribution in [-0.2, 0) is 14.3 Å². The van der Waals surface area contributed by atoms with E-state index in [1.54, 1.807) is 0 Å². The van der Waals surface area contributed by atoms with Crippen molar-refractivity contribution in [1.82, 2.24) is 15.8 Å². The topological polar surface area (TPSA) is 62.8 Å². The summed E-state index contributed by atoms with van der Waals surface area (Å²) in [4.78, 5) is 14.4. The summed E-state index contributed by atoms with van der Waals surface area (Å²) >= 11 is 0. The fourth-order valence-electron chi connectivity index (χ4n) is 4.64. The number of hydrogen-bond acceptors (Lipinski definition) is 5. The molecule has 6 nitrogen and oxygen atoms in total. The molecule has 0 aromatic heterocycles. The minimum atomic E-state index is 0.114. The van der Waals surface area contributed by atoms with Gasteiger partial charge in [0.25, 0.3) is 0 Å². The molecule has 2 N–H and O–H groups in total. The number of nitrogens with one attached hydrogen (secondary N) is 2. The molecule has 0 saturated carbocycles. The lowest BCUT2D eigenvalue weighted by molar-refractivity contribution is -0.138. The maximum Gasteiger partial charge on any atom is 0.248 e. The Morgan fingerprint density at radius 2 is 2.00 bits per heavy atom. The Morgan fingerprint density at radius 3 is 2.74 bits per heavy atom. The molecular weight excluding hydrogens is 342 g/mol. The average Bonchev–Trinajstić information content (AvgIpc) is 3.41. The molecule has 1 amide bonds.